The van der Waals surface area contributed by atoms with Crippen LogP contribution in [0.2, 0.25) is 0 Å². The van der Waals surface area contributed by atoms with Gasteiger partial charge in [-0.1, -0.05) is 30.3 Å². The number of hydrogen-bond donors (Lipinski definition) is 2. The van der Waals surface area contributed by atoms with Gasteiger partial charge in [-0.15, -0.1) is 0 Å². The number of hydrogen-bond acceptors (Lipinski definition) is 2. The Morgan fingerprint density at radius 2 is 1.18 bits per heavy atom. The second-order valence-corrected chi connectivity index (χ2v) is 4.31. The lowest BCUT2D eigenvalue weighted by Gasteiger charge is -2.15. The molecule has 17 heavy (non-hydrogen) atoms. The first-order valence-electron chi connectivity index (χ1n) is 5.61. The van der Waals surface area contributed by atoms with Crippen LogP contribution in [-0.2, 0) is 0 Å². The predicted molar refractivity (Wildman–Crippen MR) is 69.4 cm³/mol. The Balaban J connectivity index is 2.80. The summed E-state index contributed by atoms with van der Waals surface area (Å²) in [6.07, 6.45) is 0. The number of aromatic hydroxyl groups is 2. The first kappa shape index (κ1) is 11.5. The summed E-state index contributed by atoms with van der Waals surface area (Å²) in [5.74, 6) is 0.327. The Morgan fingerprint density at radius 3 is 1.65 bits per heavy atom. The van der Waals surface area contributed by atoms with E-state index < -0.39 is 0 Å². The van der Waals surface area contributed by atoms with Crippen LogP contribution in [-0.4, -0.2) is 10.2 Å². The van der Waals surface area contributed by atoms with Crippen LogP contribution in [0.1, 0.15) is 16.7 Å². The van der Waals surface area contributed by atoms with E-state index in [9.17, 15) is 10.2 Å². The number of rotatable bonds is 1. The molecule has 0 radical (unpaired) electrons. The summed E-state index contributed by atoms with van der Waals surface area (Å²) in [6.45, 7) is 5.63. The Hall–Kier alpha value is -1.96. The molecule has 0 aliphatic carbocycles. The zero-order chi connectivity index (χ0) is 12.6. The van der Waals surface area contributed by atoms with Gasteiger partial charge in [-0.25, -0.2) is 0 Å². The Kier molecular flexibility index (Phi) is 2.80. The van der Waals surface area contributed by atoms with E-state index in [1.807, 2.05) is 51.1 Å². The molecule has 2 aromatic carbocycles. The first-order chi connectivity index (χ1) is 8.04. The van der Waals surface area contributed by atoms with Crippen molar-refractivity contribution in [1.82, 2.24) is 0 Å². The fraction of sp³-hybridized carbons (Fsp3) is 0.200. The number of phenols is 2. The fourth-order valence-corrected chi connectivity index (χ4v) is 2.00. The summed E-state index contributed by atoms with van der Waals surface area (Å²) >= 11 is 0. The maximum absolute atomic E-state index is 10.2. The van der Waals surface area contributed by atoms with Crippen molar-refractivity contribution in [2.45, 2.75) is 20.8 Å². The molecule has 0 fully saturated rings. The summed E-state index contributed by atoms with van der Waals surface area (Å²) in [7, 11) is 0. The molecule has 2 rings (SSSR count). The molecule has 0 spiro atoms. The van der Waals surface area contributed by atoms with Crippen LogP contribution in [0.5, 0.6) is 11.5 Å². The highest BCUT2D eigenvalue weighted by Crippen LogP contribution is 2.43. The highest BCUT2D eigenvalue weighted by Gasteiger charge is 2.17. The van der Waals surface area contributed by atoms with E-state index in [-0.39, 0.29) is 11.5 Å². The minimum atomic E-state index is 0.164. The van der Waals surface area contributed by atoms with Crippen LogP contribution in [0.15, 0.2) is 30.3 Å². The van der Waals surface area contributed by atoms with Gasteiger partial charge in [-0.2, -0.15) is 0 Å². The lowest BCUT2D eigenvalue weighted by atomic mass is 9.93. The summed E-state index contributed by atoms with van der Waals surface area (Å²) in [6, 6.07) is 9.44. The lowest BCUT2D eigenvalue weighted by Crippen LogP contribution is -1.92. The molecule has 0 unspecified atom stereocenters. The predicted octanol–water partition coefficient (Wildman–Crippen LogP) is 3.69. The Bertz CT molecular complexity index is 528. The minimum absolute atomic E-state index is 0.164. The molecule has 2 heteroatoms. The van der Waals surface area contributed by atoms with Crippen molar-refractivity contribution in [2.75, 3.05) is 0 Å². The third-order valence-corrected chi connectivity index (χ3v) is 3.37. The van der Waals surface area contributed by atoms with Gasteiger partial charge in [0.05, 0.1) is 5.56 Å². The molecule has 0 heterocycles. The van der Waals surface area contributed by atoms with E-state index in [1.165, 1.54) is 0 Å². The van der Waals surface area contributed by atoms with Crippen molar-refractivity contribution in [3.8, 4) is 22.6 Å². The van der Waals surface area contributed by atoms with Gasteiger partial charge in [-0.3, -0.25) is 0 Å². The first-order valence-corrected chi connectivity index (χ1v) is 5.61. The molecule has 2 aromatic rings. The topological polar surface area (TPSA) is 40.5 Å². The summed E-state index contributed by atoms with van der Waals surface area (Å²) in [5.41, 5.74) is 3.91. The standard InChI is InChI=1S/C15H16O2/c1-9-10(2)14(16)13(15(17)11(9)3)12-7-5-4-6-8-12/h4-8,16-17H,1-3H3. The average Bonchev–Trinajstić information content (AvgIpc) is 2.36. The van der Waals surface area contributed by atoms with Gasteiger partial charge in [0.1, 0.15) is 11.5 Å². The van der Waals surface area contributed by atoms with Crippen molar-refractivity contribution in [3.63, 3.8) is 0 Å². The maximum Gasteiger partial charge on any atom is 0.130 e. The third kappa shape index (κ3) is 1.76. The van der Waals surface area contributed by atoms with Crippen molar-refractivity contribution >= 4 is 0 Å². The molecular weight excluding hydrogens is 212 g/mol. The number of benzene rings is 2. The third-order valence-electron chi connectivity index (χ3n) is 3.37. The van der Waals surface area contributed by atoms with Crippen molar-refractivity contribution < 1.29 is 10.2 Å². The zero-order valence-corrected chi connectivity index (χ0v) is 10.3. The van der Waals surface area contributed by atoms with Crippen molar-refractivity contribution in [3.05, 3.63) is 47.0 Å². The van der Waals surface area contributed by atoms with E-state index in [0.717, 1.165) is 22.3 Å². The quantitative estimate of drug-likeness (QED) is 0.781. The van der Waals surface area contributed by atoms with Crippen LogP contribution in [0, 0.1) is 20.8 Å². The molecule has 0 aliphatic rings. The second-order valence-electron chi connectivity index (χ2n) is 4.31. The molecule has 0 atom stereocenters. The van der Waals surface area contributed by atoms with Gasteiger partial charge in [0.2, 0.25) is 0 Å². The molecule has 0 aromatic heterocycles. The van der Waals surface area contributed by atoms with Crippen LogP contribution in [0.25, 0.3) is 11.1 Å². The molecule has 0 aliphatic heterocycles. The normalized spacial score (nSPS) is 10.5. The molecule has 0 saturated carbocycles. The van der Waals surface area contributed by atoms with Gasteiger partial charge in [0.25, 0.3) is 0 Å². The number of phenolic OH excluding ortho intramolecular Hbond substituents is 2. The average molecular weight is 228 g/mol. The largest absolute Gasteiger partial charge is 0.507 e. The van der Waals surface area contributed by atoms with E-state index in [2.05, 4.69) is 0 Å². The lowest BCUT2D eigenvalue weighted by molar-refractivity contribution is 0.448. The fourth-order valence-electron chi connectivity index (χ4n) is 2.00. The van der Waals surface area contributed by atoms with Crippen LogP contribution < -0.4 is 0 Å². The SMILES string of the molecule is Cc1c(C)c(O)c(-c2ccccc2)c(O)c1C. The van der Waals surface area contributed by atoms with Gasteiger partial charge >= 0.3 is 0 Å². The Labute approximate surface area is 101 Å². The van der Waals surface area contributed by atoms with E-state index in [4.69, 9.17) is 0 Å². The van der Waals surface area contributed by atoms with Crippen LogP contribution >= 0.6 is 0 Å². The summed E-state index contributed by atoms with van der Waals surface area (Å²) in [5, 5.41) is 20.4. The molecule has 0 amide bonds. The van der Waals surface area contributed by atoms with Crippen LogP contribution in [0.4, 0.5) is 0 Å². The zero-order valence-electron chi connectivity index (χ0n) is 10.3. The monoisotopic (exact) mass is 228 g/mol. The van der Waals surface area contributed by atoms with Crippen molar-refractivity contribution in [2.24, 2.45) is 0 Å². The van der Waals surface area contributed by atoms with E-state index >= 15 is 0 Å². The molecule has 88 valence electrons. The molecule has 2 nitrogen and oxygen atoms in total. The van der Waals surface area contributed by atoms with Gasteiger partial charge < -0.3 is 10.2 Å². The second kappa shape index (κ2) is 4.13. The smallest absolute Gasteiger partial charge is 0.130 e. The minimum Gasteiger partial charge on any atom is -0.507 e. The van der Waals surface area contributed by atoms with Gasteiger partial charge in [0, 0.05) is 0 Å². The van der Waals surface area contributed by atoms with Gasteiger partial charge in [-0.05, 0) is 43.0 Å². The highest BCUT2D eigenvalue weighted by molar-refractivity contribution is 5.80. The summed E-state index contributed by atoms with van der Waals surface area (Å²) in [4.78, 5) is 0. The highest BCUT2D eigenvalue weighted by atomic mass is 16.3. The Morgan fingerprint density at radius 1 is 0.706 bits per heavy atom. The maximum atomic E-state index is 10.2. The molecule has 0 saturated heterocycles. The van der Waals surface area contributed by atoms with E-state index in [1.54, 1.807) is 0 Å². The molecule has 0 bridgehead atoms. The van der Waals surface area contributed by atoms with Crippen molar-refractivity contribution in [1.29, 1.82) is 0 Å². The molecule has 2 N–H and O–H groups in total. The van der Waals surface area contributed by atoms with Gasteiger partial charge in [0.15, 0.2) is 0 Å². The van der Waals surface area contributed by atoms with Crippen LogP contribution in [0.3, 0.4) is 0 Å². The van der Waals surface area contributed by atoms with E-state index in [0.29, 0.717) is 5.56 Å². The molecular formula is C15H16O2. The summed E-state index contributed by atoms with van der Waals surface area (Å²) < 4.78 is 0.